The molecule has 2 aromatic carbocycles. The van der Waals surface area contributed by atoms with Crippen molar-refractivity contribution < 1.29 is 14.3 Å². The summed E-state index contributed by atoms with van der Waals surface area (Å²) in [6.45, 7) is 4.86. The van der Waals surface area contributed by atoms with Crippen LogP contribution in [-0.4, -0.2) is 43.7 Å². The number of benzene rings is 2. The van der Waals surface area contributed by atoms with Crippen molar-refractivity contribution in [2.45, 2.75) is 13.1 Å². The maximum Gasteiger partial charge on any atom is 0.258 e. The van der Waals surface area contributed by atoms with E-state index in [2.05, 4.69) is 22.3 Å². The Labute approximate surface area is 158 Å². The van der Waals surface area contributed by atoms with Crippen LogP contribution in [0, 0.1) is 0 Å². The molecule has 1 amide bonds. The second kappa shape index (κ2) is 9.57. The zero-order chi connectivity index (χ0) is 18.2. The zero-order valence-electron chi connectivity index (χ0n) is 14.6. The molecule has 0 aromatic heterocycles. The van der Waals surface area contributed by atoms with Crippen LogP contribution in [0.25, 0.3) is 0 Å². The largest absolute Gasteiger partial charge is 0.484 e. The number of rotatable bonds is 7. The summed E-state index contributed by atoms with van der Waals surface area (Å²) < 4.78 is 10.8. The number of carbonyl (C=O) groups is 1. The molecule has 5 nitrogen and oxygen atoms in total. The molecule has 26 heavy (non-hydrogen) atoms. The molecule has 0 saturated carbocycles. The van der Waals surface area contributed by atoms with E-state index in [1.165, 1.54) is 5.56 Å². The van der Waals surface area contributed by atoms with Gasteiger partial charge in [-0.05, 0) is 29.3 Å². The lowest BCUT2D eigenvalue weighted by molar-refractivity contribution is -0.123. The van der Waals surface area contributed by atoms with Crippen molar-refractivity contribution in [2.24, 2.45) is 0 Å². The topological polar surface area (TPSA) is 50.8 Å². The van der Waals surface area contributed by atoms with Crippen molar-refractivity contribution in [1.82, 2.24) is 10.2 Å². The molecule has 1 saturated heterocycles. The molecule has 1 aliphatic heterocycles. The van der Waals surface area contributed by atoms with Crippen LogP contribution in [0.3, 0.4) is 0 Å². The molecule has 1 heterocycles. The van der Waals surface area contributed by atoms with E-state index >= 15 is 0 Å². The van der Waals surface area contributed by atoms with Gasteiger partial charge in [-0.25, -0.2) is 0 Å². The standard InChI is InChI=1S/C20H23ClN2O3/c21-18-5-2-6-19(12-18)26-15-20(24)22-13-16-3-1-4-17(11-16)14-23-7-9-25-10-8-23/h1-6,11-12H,7-10,13-15H2,(H,22,24). The van der Waals surface area contributed by atoms with Gasteiger partial charge in [0, 0.05) is 31.2 Å². The lowest BCUT2D eigenvalue weighted by atomic mass is 10.1. The van der Waals surface area contributed by atoms with Crippen LogP contribution < -0.4 is 10.1 Å². The first-order chi connectivity index (χ1) is 12.7. The number of nitrogens with zero attached hydrogens (tertiary/aromatic N) is 1. The number of nitrogens with one attached hydrogen (secondary N) is 1. The predicted octanol–water partition coefficient (Wildman–Crippen LogP) is 2.87. The van der Waals surface area contributed by atoms with Gasteiger partial charge in [-0.2, -0.15) is 0 Å². The van der Waals surface area contributed by atoms with E-state index in [-0.39, 0.29) is 12.5 Å². The van der Waals surface area contributed by atoms with E-state index in [0.717, 1.165) is 38.4 Å². The van der Waals surface area contributed by atoms with Crippen molar-refractivity contribution in [3.8, 4) is 5.75 Å². The Morgan fingerprint density at radius 3 is 2.69 bits per heavy atom. The van der Waals surface area contributed by atoms with Gasteiger partial charge in [-0.3, -0.25) is 9.69 Å². The number of hydrogen-bond acceptors (Lipinski definition) is 4. The van der Waals surface area contributed by atoms with Crippen LogP contribution in [0.5, 0.6) is 5.75 Å². The Balaban J connectivity index is 1.44. The average Bonchev–Trinajstić information content (AvgIpc) is 2.66. The third kappa shape index (κ3) is 6.02. The average molecular weight is 375 g/mol. The third-order valence-electron chi connectivity index (χ3n) is 4.16. The van der Waals surface area contributed by atoms with E-state index in [1.807, 2.05) is 12.1 Å². The molecule has 0 spiro atoms. The fourth-order valence-corrected chi connectivity index (χ4v) is 2.99. The highest BCUT2D eigenvalue weighted by Crippen LogP contribution is 2.16. The molecule has 1 fully saturated rings. The van der Waals surface area contributed by atoms with Gasteiger partial charge in [-0.15, -0.1) is 0 Å². The molecule has 0 bridgehead atoms. The van der Waals surface area contributed by atoms with Gasteiger partial charge < -0.3 is 14.8 Å². The number of amides is 1. The summed E-state index contributed by atoms with van der Waals surface area (Å²) in [4.78, 5) is 14.4. The molecular weight excluding hydrogens is 352 g/mol. The summed E-state index contributed by atoms with van der Waals surface area (Å²) in [5.41, 5.74) is 2.32. The lowest BCUT2D eigenvalue weighted by Crippen LogP contribution is -2.35. The van der Waals surface area contributed by atoms with Gasteiger partial charge in [0.05, 0.1) is 13.2 Å². The van der Waals surface area contributed by atoms with Gasteiger partial charge in [-0.1, -0.05) is 41.9 Å². The molecule has 0 aliphatic carbocycles. The van der Waals surface area contributed by atoms with Crippen LogP contribution >= 0.6 is 11.6 Å². The lowest BCUT2D eigenvalue weighted by Gasteiger charge is -2.26. The van der Waals surface area contributed by atoms with Crippen molar-refractivity contribution in [1.29, 1.82) is 0 Å². The Morgan fingerprint density at radius 1 is 1.12 bits per heavy atom. The molecule has 0 unspecified atom stereocenters. The Kier molecular flexibility index (Phi) is 6.89. The molecule has 1 aliphatic rings. The highest BCUT2D eigenvalue weighted by molar-refractivity contribution is 6.30. The van der Waals surface area contributed by atoms with E-state index in [0.29, 0.717) is 17.3 Å². The fourth-order valence-electron chi connectivity index (χ4n) is 2.81. The number of carbonyl (C=O) groups excluding carboxylic acids is 1. The summed E-state index contributed by atoms with van der Waals surface area (Å²) in [5.74, 6) is 0.420. The summed E-state index contributed by atoms with van der Waals surface area (Å²) in [7, 11) is 0. The van der Waals surface area contributed by atoms with Crippen LogP contribution in [0.2, 0.25) is 5.02 Å². The van der Waals surface area contributed by atoms with Crippen LogP contribution in [-0.2, 0) is 22.6 Å². The molecule has 3 rings (SSSR count). The van der Waals surface area contributed by atoms with E-state index in [1.54, 1.807) is 24.3 Å². The van der Waals surface area contributed by atoms with Gasteiger partial charge in [0.1, 0.15) is 5.75 Å². The highest BCUT2D eigenvalue weighted by Gasteiger charge is 2.11. The summed E-state index contributed by atoms with van der Waals surface area (Å²) in [5, 5.41) is 3.47. The summed E-state index contributed by atoms with van der Waals surface area (Å²) in [6, 6.07) is 15.3. The summed E-state index contributed by atoms with van der Waals surface area (Å²) in [6.07, 6.45) is 0. The van der Waals surface area contributed by atoms with E-state index in [4.69, 9.17) is 21.1 Å². The molecule has 138 valence electrons. The molecule has 0 radical (unpaired) electrons. The SMILES string of the molecule is O=C(COc1cccc(Cl)c1)NCc1cccc(CN2CCOCC2)c1. The molecule has 0 atom stereocenters. The van der Waals surface area contributed by atoms with Crippen molar-refractivity contribution >= 4 is 17.5 Å². The number of morpholine rings is 1. The number of hydrogen-bond donors (Lipinski definition) is 1. The maximum absolute atomic E-state index is 12.0. The predicted molar refractivity (Wildman–Crippen MR) is 101 cm³/mol. The molecule has 6 heteroatoms. The second-order valence-electron chi connectivity index (χ2n) is 6.23. The minimum Gasteiger partial charge on any atom is -0.484 e. The Hall–Kier alpha value is -2.08. The van der Waals surface area contributed by atoms with E-state index in [9.17, 15) is 4.79 Å². The minimum absolute atomic E-state index is 0.0339. The quantitative estimate of drug-likeness (QED) is 0.809. The van der Waals surface area contributed by atoms with Gasteiger partial charge in [0.2, 0.25) is 0 Å². The van der Waals surface area contributed by atoms with E-state index < -0.39 is 0 Å². The first kappa shape index (κ1) is 18.7. The number of ether oxygens (including phenoxy) is 2. The zero-order valence-corrected chi connectivity index (χ0v) is 15.4. The van der Waals surface area contributed by atoms with Crippen LogP contribution in [0.4, 0.5) is 0 Å². The number of halogens is 1. The van der Waals surface area contributed by atoms with Crippen LogP contribution in [0.1, 0.15) is 11.1 Å². The molecular formula is C20H23ClN2O3. The monoisotopic (exact) mass is 374 g/mol. The first-order valence-corrected chi connectivity index (χ1v) is 9.10. The maximum atomic E-state index is 12.0. The van der Waals surface area contributed by atoms with Gasteiger partial charge in [0.15, 0.2) is 6.61 Å². The smallest absolute Gasteiger partial charge is 0.258 e. The van der Waals surface area contributed by atoms with Crippen molar-refractivity contribution in [3.05, 3.63) is 64.7 Å². The van der Waals surface area contributed by atoms with Gasteiger partial charge >= 0.3 is 0 Å². The summed E-state index contributed by atoms with van der Waals surface area (Å²) >= 11 is 5.90. The molecule has 2 aromatic rings. The molecule has 1 N–H and O–H groups in total. The van der Waals surface area contributed by atoms with Gasteiger partial charge in [0.25, 0.3) is 5.91 Å². The van der Waals surface area contributed by atoms with Crippen molar-refractivity contribution in [3.63, 3.8) is 0 Å². The van der Waals surface area contributed by atoms with Crippen LogP contribution in [0.15, 0.2) is 48.5 Å². The first-order valence-electron chi connectivity index (χ1n) is 8.72. The fraction of sp³-hybridized carbons (Fsp3) is 0.350. The minimum atomic E-state index is -0.163. The second-order valence-corrected chi connectivity index (χ2v) is 6.67. The normalized spacial score (nSPS) is 14.8. The Bertz CT molecular complexity index is 733. The van der Waals surface area contributed by atoms with Crippen molar-refractivity contribution in [2.75, 3.05) is 32.9 Å². The highest BCUT2D eigenvalue weighted by atomic mass is 35.5. The third-order valence-corrected chi connectivity index (χ3v) is 4.39. The Morgan fingerprint density at radius 2 is 1.88 bits per heavy atom.